The lowest BCUT2D eigenvalue weighted by molar-refractivity contribution is -0.122. The first-order chi connectivity index (χ1) is 15.2. The zero-order chi connectivity index (χ0) is 21.5. The van der Waals surface area contributed by atoms with Gasteiger partial charge in [0, 0.05) is 6.42 Å². The van der Waals surface area contributed by atoms with E-state index in [2.05, 4.69) is 10.3 Å². The van der Waals surface area contributed by atoms with E-state index in [4.69, 9.17) is 4.42 Å². The molecule has 3 aromatic carbocycles. The molecule has 1 aromatic heterocycles. The van der Waals surface area contributed by atoms with Crippen LogP contribution in [0, 0.1) is 0 Å². The first-order valence-corrected chi connectivity index (χ1v) is 10.6. The minimum Gasteiger partial charge on any atom is -0.438 e. The van der Waals surface area contributed by atoms with Crippen molar-refractivity contribution >= 4 is 17.0 Å². The van der Waals surface area contributed by atoms with Crippen LogP contribution in [0.3, 0.4) is 0 Å². The first-order valence-electron chi connectivity index (χ1n) is 10.6. The average Bonchev–Trinajstić information content (AvgIpc) is 3.26. The molecule has 158 valence electrons. The molecule has 0 aliphatic carbocycles. The highest BCUT2D eigenvalue weighted by Crippen LogP contribution is 2.24. The van der Waals surface area contributed by atoms with Crippen LogP contribution in [0.15, 0.2) is 89.3 Å². The molecule has 4 aromatic rings. The molecule has 1 heterocycles. The van der Waals surface area contributed by atoms with Crippen molar-refractivity contribution in [1.82, 2.24) is 10.3 Å². The Kier molecular flexibility index (Phi) is 6.75. The number of fused-ring (bicyclic) bond motifs is 1. The third-order valence-electron chi connectivity index (χ3n) is 5.36. The zero-order valence-electron chi connectivity index (χ0n) is 17.3. The summed E-state index contributed by atoms with van der Waals surface area (Å²) in [5.74, 6) is 0.125. The summed E-state index contributed by atoms with van der Waals surface area (Å²) < 4.78 is 5.76. The van der Waals surface area contributed by atoms with Crippen molar-refractivity contribution in [3.8, 4) is 0 Å². The fourth-order valence-corrected chi connectivity index (χ4v) is 3.65. The summed E-state index contributed by atoms with van der Waals surface area (Å²) in [4.78, 5) is 17.1. The predicted molar refractivity (Wildman–Crippen MR) is 120 cm³/mol. The maximum atomic E-state index is 12.7. The number of aryl methyl sites for hydroxylation is 2. The molecule has 1 amide bonds. The summed E-state index contributed by atoms with van der Waals surface area (Å²) >= 11 is 0. The molecule has 0 radical (unpaired) electrons. The molecule has 0 aliphatic heterocycles. The molecule has 0 fully saturated rings. The fourth-order valence-electron chi connectivity index (χ4n) is 3.65. The smallest absolute Gasteiger partial charge is 0.226 e. The molecule has 2 N–H and O–H groups in total. The highest BCUT2D eigenvalue weighted by Gasteiger charge is 2.27. The number of hydrogen-bond donors (Lipinski definition) is 2. The quantitative estimate of drug-likeness (QED) is 0.419. The van der Waals surface area contributed by atoms with Crippen LogP contribution >= 0.6 is 0 Å². The topological polar surface area (TPSA) is 75.4 Å². The van der Waals surface area contributed by atoms with Crippen molar-refractivity contribution in [2.24, 2.45) is 0 Å². The second-order valence-corrected chi connectivity index (χ2v) is 7.65. The first kappa shape index (κ1) is 20.8. The number of carbonyl (C=O) groups is 1. The number of carbonyl (C=O) groups excluding carboxylic acids is 1. The van der Waals surface area contributed by atoms with Crippen LogP contribution in [0.25, 0.3) is 11.1 Å². The number of hydrogen-bond acceptors (Lipinski definition) is 4. The van der Waals surface area contributed by atoms with Gasteiger partial charge < -0.3 is 14.8 Å². The molecule has 0 saturated carbocycles. The van der Waals surface area contributed by atoms with Gasteiger partial charge in [-0.15, -0.1) is 0 Å². The maximum absolute atomic E-state index is 12.7. The van der Waals surface area contributed by atoms with Crippen LogP contribution in [0.2, 0.25) is 0 Å². The van der Waals surface area contributed by atoms with Gasteiger partial charge in [-0.3, -0.25) is 4.79 Å². The molecule has 1 unspecified atom stereocenters. The third-order valence-corrected chi connectivity index (χ3v) is 5.36. The number of amides is 1. The summed E-state index contributed by atoms with van der Waals surface area (Å²) in [5, 5.41) is 14.0. The van der Waals surface area contributed by atoms with Gasteiger partial charge in [-0.25, -0.2) is 4.98 Å². The SMILES string of the molecule is O=C(CCc1ccccc1)N[C@@H](CCc1ccccc1)C(O)c1nc2ccccc2o1. The van der Waals surface area contributed by atoms with Crippen LogP contribution in [0.1, 0.15) is 36.0 Å². The van der Waals surface area contributed by atoms with Gasteiger partial charge in [0.15, 0.2) is 11.7 Å². The van der Waals surface area contributed by atoms with E-state index in [1.165, 1.54) is 0 Å². The molecular weight excluding hydrogens is 388 g/mol. The lowest BCUT2D eigenvalue weighted by Gasteiger charge is -2.22. The summed E-state index contributed by atoms with van der Waals surface area (Å²) in [6.07, 6.45) is 1.27. The third kappa shape index (κ3) is 5.58. The average molecular weight is 415 g/mol. The van der Waals surface area contributed by atoms with Crippen molar-refractivity contribution in [2.75, 3.05) is 0 Å². The molecular formula is C26H26N2O3. The van der Waals surface area contributed by atoms with Crippen LogP contribution in [-0.4, -0.2) is 22.0 Å². The molecule has 0 bridgehead atoms. The highest BCUT2D eigenvalue weighted by atomic mass is 16.4. The van der Waals surface area contributed by atoms with Gasteiger partial charge in [0.1, 0.15) is 5.52 Å². The number of aromatic nitrogens is 1. The monoisotopic (exact) mass is 414 g/mol. The molecule has 2 atom stereocenters. The van der Waals surface area contributed by atoms with E-state index in [1.807, 2.05) is 84.9 Å². The number of nitrogens with zero attached hydrogens (tertiary/aromatic N) is 1. The van der Waals surface area contributed by atoms with Crippen molar-refractivity contribution < 1.29 is 14.3 Å². The van der Waals surface area contributed by atoms with E-state index in [-0.39, 0.29) is 11.8 Å². The van der Waals surface area contributed by atoms with Crippen LogP contribution in [0.4, 0.5) is 0 Å². The number of rotatable bonds is 9. The number of aliphatic hydroxyl groups excluding tert-OH is 1. The number of oxazole rings is 1. The Morgan fingerprint density at radius 1 is 0.871 bits per heavy atom. The highest BCUT2D eigenvalue weighted by molar-refractivity contribution is 5.76. The molecule has 31 heavy (non-hydrogen) atoms. The second kappa shape index (κ2) is 10.0. The van der Waals surface area contributed by atoms with E-state index in [0.29, 0.717) is 30.4 Å². The van der Waals surface area contributed by atoms with E-state index >= 15 is 0 Å². The van der Waals surface area contributed by atoms with Gasteiger partial charge in [-0.05, 0) is 42.5 Å². The van der Waals surface area contributed by atoms with Crippen molar-refractivity contribution in [1.29, 1.82) is 0 Å². The van der Waals surface area contributed by atoms with Crippen molar-refractivity contribution in [3.63, 3.8) is 0 Å². The van der Waals surface area contributed by atoms with Gasteiger partial charge in [-0.2, -0.15) is 0 Å². The predicted octanol–water partition coefficient (Wildman–Crippen LogP) is 4.61. The molecule has 0 aliphatic rings. The van der Waals surface area contributed by atoms with Crippen LogP contribution < -0.4 is 5.32 Å². The lowest BCUT2D eigenvalue weighted by Crippen LogP contribution is -2.40. The van der Waals surface area contributed by atoms with Gasteiger partial charge in [0.2, 0.25) is 11.8 Å². The van der Waals surface area contributed by atoms with E-state index in [0.717, 1.165) is 17.5 Å². The summed E-state index contributed by atoms with van der Waals surface area (Å²) in [6, 6.07) is 26.8. The molecule has 4 rings (SSSR count). The number of nitrogens with one attached hydrogen (secondary N) is 1. The minimum atomic E-state index is -1.03. The van der Waals surface area contributed by atoms with E-state index in [1.54, 1.807) is 0 Å². The number of benzene rings is 3. The Morgan fingerprint density at radius 3 is 2.16 bits per heavy atom. The van der Waals surface area contributed by atoms with Gasteiger partial charge >= 0.3 is 0 Å². The van der Waals surface area contributed by atoms with Crippen LogP contribution in [-0.2, 0) is 17.6 Å². The van der Waals surface area contributed by atoms with Gasteiger partial charge in [-0.1, -0.05) is 72.8 Å². The van der Waals surface area contributed by atoms with E-state index < -0.39 is 12.1 Å². The normalized spacial score (nSPS) is 13.1. The van der Waals surface area contributed by atoms with Crippen LogP contribution in [0.5, 0.6) is 0 Å². The number of para-hydroxylation sites is 2. The lowest BCUT2D eigenvalue weighted by atomic mass is 10.0. The largest absolute Gasteiger partial charge is 0.438 e. The Morgan fingerprint density at radius 2 is 1.48 bits per heavy atom. The van der Waals surface area contributed by atoms with Crippen molar-refractivity contribution in [2.45, 2.75) is 37.8 Å². The fraction of sp³-hybridized carbons (Fsp3) is 0.231. The zero-order valence-corrected chi connectivity index (χ0v) is 17.3. The van der Waals surface area contributed by atoms with Gasteiger partial charge in [0.05, 0.1) is 6.04 Å². The Bertz CT molecular complexity index is 1080. The van der Waals surface area contributed by atoms with E-state index in [9.17, 15) is 9.90 Å². The standard InChI is InChI=1S/C26H26N2O3/c29-24(18-16-20-11-5-2-6-12-20)27-22(17-15-19-9-3-1-4-10-19)25(30)26-28-21-13-7-8-14-23(21)31-26/h1-14,22,25,30H,15-18H2,(H,27,29)/t22-,25?/m0/s1. The minimum absolute atomic E-state index is 0.0999. The Labute approximate surface area is 181 Å². The summed E-state index contributed by atoms with van der Waals surface area (Å²) in [5.41, 5.74) is 3.57. The number of aliphatic hydroxyl groups is 1. The summed E-state index contributed by atoms with van der Waals surface area (Å²) in [7, 11) is 0. The summed E-state index contributed by atoms with van der Waals surface area (Å²) in [6.45, 7) is 0. The molecule has 5 heteroatoms. The molecule has 0 saturated heterocycles. The molecule has 0 spiro atoms. The Balaban J connectivity index is 1.46. The second-order valence-electron chi connectivity index (χ2n) is 7.65. The molecule has 5 nitrogen and oxygen atoms in total. The Hall–Kier alpha value is -3.44. The van der Waals surface area contributed by atoms with Crippen molar-refractivity contribution in [3.05, 3.63) is 102 Å². The van der Waals surface area contributed by atoms with Gasteiger partial charge in [0.25, 0.3) is 0 Å². The maximum Gasteiger partial charge on any atom is 0.226 e.